The molecule has 1 aromatic rings. The Morgan fingerprint density at radius 1 is 1.69 bits per heavy atom. The molecule has 0 saturated carbocycles. The fourth-order valence-corrected chi connectivity index (χ4v) is 2.51. The molecule has 72 valence electrons. The first-order chi connectivity index (χ1) is 6.38. The van der Waals surface area contributed by atoms with Crippen molar-refractivity contribution in [2.24, 2.45) is 0 Å². The van der Waals surface area contributed by atoms with Gasteiger partial charge < -0.3 is 10.1 Å². The first-order valence-corrected chi connectivity index (χ1v) is 5.60. The van der Waals surface area contributed by atoms with Crippen LogP contribution in [0.15, 0.2) is 17.5 Å². The molecule has 1 aromatic heterocycles. The van der Waals surface area contributed by atoms with E-state index < -0.39 is 0 Å². The van der Waals surface area contributed by atoms with E-state index >= 15 is 0 Å². The van der Waals surface area contributed by atoms with E-state index in [1.165, 1.54) is 4.88 Å². The molecule has 0 amide bonds. The third kappa shape index (κ3) is 2.10. The number of rotatable bonds is 2. The second-order valence-corrected chi connectivity index (χ2v) is 4.42. The third-order valence-electron chi connectivity index (χ3n) is 2.55. The van der Waals surface area contributed by atoms with Gasteiger partial charge in [-0.2, -0.15) is 0 Å². The molecule has 3 heteroatoms. The van der Waals surface area contributed by atoms with Gasteiger partial charge in [0.1, 0.15) is 0 Å². The van der Waals surface area contributed by atoms with Crippen LogP contribution in [-0.4, -0.2) is 25.8 Å². The minimum Gasteiger partial charge on any atom is -0.378 e. The van der Waals surface area contributed by atoms with Crippen LogP contribution in [0.4, 0.5) is 0 Å². The maximum atomic E-state index is 5.44. The number of hydrogen-bond acceptors (Lipinski definition) is 3. The van der Waals surface area contributed by atoms with Gasteiger partial charge in [-0.15, -0.1) is 11.3 Å². The lowest BCUT2D eigenvalue weighted by molar-refractivity contribution is 0.0701. The van der Waals surface area contributed by atoms with Gasteiger partial charge in [0.05, 0.1) is 13.2 Å². The Labute approximate surface area is 82.9 Å². The minimum absolute atomic E-state index is 0.493. The van der Waals surface area contributed by atoms with Crippen LogP contribution in [0.5, 0.6) is 0 Å². The largest absolute Gasteiger partial charge is 0.378 e. The van der Waals surface area contributed by atoms with Crippen LogP contribution in [0.1, 0.15) is 17.7 Å². The topological polar surface area (TPSA) is 21.3 Å². The van der Waals surface area contributed by atoms with Crippen LogP contribution in [0.3, 0.4) is 0 Å². The second-order valence-electron chi connectivity index (χ2n) is 3.44. The monoisotopic (exact) mass is 197 g/mol. The van der Waals surface area contributed by atoms with Gasteiger partial charge in [-0.3, -0.25) is 0 Å². The van der Waals surface area contributed by atoms with Crippen LogP contribution in [0, 0.1) is 0 Å². The molecule has 2 atom stereocenters. The summed E-state index contributed by atoms with van der Waals surface area (Å²) >= 11 is 1.83. The van der Waals surface area contributed by atoms with Crippen molar-refractivity contribution in [2.45, 2.75) is 18.9 Å². The van der Waals surface area contributed by atoms with E-state index in [1.807, 2.05) is 11.3 Å². The zero-order valence-corrected chi connectivity index (χ0v) is 8.64. The predicted molar refractivity (Wildman–Crippen MR) is 55.3 cm³/mol. The number of hydrogen-bond donors (Lipinski definition) is 1. The molecule has 1 aliphatic heterocycles. The van der Waals surface area contributed by atoms with Crippen molar-refractivity contribution in [3.05, 3.63) is 22.4 Å². The Morgan fingerprint density at radius 2 is 2.62 bits per heavy atom. The molecule has 0 radical (unpaired) electrons. The van der Waals surface area contributed by atoms with Gasteiger partial charge >= 0.3 is 0 Å². The quantitative estimate of drug-likeness (QED) is 0.781. The highest BCUT2D eigenvalue weighted by Crippen LogP contribution is 2.24. The fraction of sp³-hybridized carbons (Fsp3) is 0.600. The summed E-state index contributed by atoms with van der Waals surface area (Å²) in [5.74, 6) is 0.570. The molecule has 13 heavy (non-hydrogen) atoms. The Hall–Kier alpha value is -0.380. The number of nitrogens with one attached hydrogen (secondary N) is 1. The molecular weight excluding hydrogens is 182 g/mol. The molecule has 0 aliphatic carbocycles. The van der Waals surface area contributed by atoms with Crippen molar-refractivity contribution < 1.29 is 4.74 Å². The molecule has 0 bridgehead atoms. The molecule has 2 nitrogen and oxygen atoms in total. The van der Waals surface area contributed by atoms with Gasteiger partial charge in [-0.05, 0) is 11.4 Å². The van der Waals surface area contributed by atoms with Crippen LogP contribution < -0.4 is 5.32 Å². The number of morpholine rings is 1. The van der Waals surface area contributed by atoms with Crippen molar-refractivity contribution in [1.29, 1.82) is 0 Å². The van der Waals surface area contributed by atoms with E-state index in [-0.39, 0.29) is 0 Å². The van der Waals surface area contributed by atoms with Crippen molar-refractivity contribution in [3.8, 4) is 0 Å². The SMILES string of the molecule is CC(c1cccs1)C1COCCN1. The molecule has 2 rings (SSSR count). The summed E-state index contributed by atoms with van der Waals surface area (Å²) in [5, 5.41) is 5.62. The fourth-order valence-electron chi connectivity index (χ4n) is 1.66. The van der Waals surface area contributed by atoms with Gasteiger partial charge in [-0.1, -0.05) is 13.0 Å². The van der Waals surface area contributed by atoms with E-state index in [1.54, 1.807) is 0 Å². The average molecular weight is 197 g/mol. The smallest absolute Gasteiger partial charge is 0.0626 e. The first-order valence-electron chi connectivity index (χ1n) is 4.72. The van der Waals surface area contributed by atoms with Crippen LogP contribution in [0.25, 0.3) is 0 Å². The summed E-state index contributed by atoms with van der Waals surface area (Å²) in [7, 11) is 0. The van der Waals surface area contributed by atoms with Crippen molar-refractivity contribution >= 4 is 11.3 Å². The summed E-state index contributed by atoms with van der Waals surface area (Å²) in [6, 6.07) is 4.80. The summed E-state index contributed by atoms with van der Waals surface area (Å²) in [6.07, 6.45) is 0. The van der Waals surface area contributed by atoms with Gasteiger partial charge in [0.2, 0.25) is 0 Å². The molecule has 1 saturated heterocycles. The van der Waals surface area contributed by atoms with Crippen molar-refractivity contribution in [3.63, 3.8) is 0 Å². The van der Waals surface area contributed by atoms with Crippen LogP contribution in [0.2, 0.25) is 0 Å². The van der Waals surface area contributed by atoms with Gasteiger partial charge in [-0.25, -0.2) is 0 Å². The van der Waals surface area contributed by atoms with Crippen LogP contribution in [-0.2, 0) is 4.74 Å². The molecule has 2 unspecified atom stereocenters. The summed E-state index contributed by atoms with van der Waals surface area (Å²) in [4.78, 5) is 1.45. The zero-order valence-electron chi connectivity index (χ0n) is 7.82. The third-order valence-corrected chi connectivity index (χ3v) is 3.62. The first kappa shape index (κ1) is 9.19. The van der Waals surface area contributed by atoms with E-state index in [0.29, 0.717) is 12.0 Å². The molecule has 1 fully saturated rings. The summed E-state index contributed by atoms with van der Waals surface area (Å²) in [5.41, 5.74) is 0. The van der Waals surface area contributed by atoms with Crippen molar-refractivity contribution in [2.75, 3.05) is 19.8 Å². The Morgan fingerprint density at radius 3 is 3.23 bits per heavy atom. The van der Waals surface area contributed by atoms with Gasteiger partial charge in [0.25, 0.3) is 0 Å². The van der Waals surface area contributed by atoms with Crippen molar-refractivity contribution in [1.82, 2.24) is 5.32 Å². The maximum Gasteiger partial charge on any atom is 0.0626 e. The molecule has 0 spiro atoms. The van der Waals surface area contributed by atoms with E-state index in [0.717, 1.165) is 19.8 Å². The Balaban J connectivity index is 1.99. The standard InChI is InChI=1S/C10H15NOS/c1-8(10-3-2-6-13-10)9-7-12-5-4-11-9/h2-3,6,8-9,11H,4-5,7H2,1H3. The molecule has 0 aromatic carbocycles. The predicted octanol–water partition coefficient (Wildman–Crippen LogP) is 1.84. The van der Waals surface area contributed by atoms with Gasteiger partial charge in [0, 0.05) is 23.4 Å². The van der Waals surface area contributed by atoms with Gasteiger partial charge in [0.15, 0.2) is 0 Å². The van der Waals surface area contributed by atoms with E-state index in [2.05, 4.69) is 29.8 Å². The molecule has 1 N–H and O–H groups in total. The average Bonchev–Trinajstić information content (AvgIpc) is 2.71. The molecule has 2 heterocycles. The maximum absolute atomic E-state index is 5.44. The number of thiophene rings is 1. The lowest BCUT2D eigenvalue weighted by Gasteiger charge is -2.28. The summed E-state index contributed by atoms with van der Waals surface area (Å²) in [6.45, 7) is 4.95. The van der Waals surface area contributed by atoms with Crippen LogP contribution >= 0.6 is 11.3 Å². The normalized spacial score (nSPS) is 25.8. The molecule has 1 aliphatic rings. The van der Waals surface area contributed by atoms with E-state index in [9.17, 15) is 0 Å². The lowest BCUT2D eigenvalue weighted by Crippen LogP contribution is -2.44. The highest BCUT2D eigenvalue weighted by atomic mass is 32.1. The number of ether oxygens (including phenoxy) is 1. The highest BCUT2D eigenvalue weighted by molar-refractivity contribution is 7.10. The minimum atomic E-state index is 0.493. The Bertz CT molecular complexity index is 241. The lowest BCUT2D eigenvalue weighted by atomic mass is 10.0. The Kier molecular flexibility index (Phi) is 2.98. The highest BCUT2D eigenvalue weighted by Gasteiger charge is 2.21. The second kappa shape index (κ2) is 4.22. The molecular formula is C10H15NOS. The van der Waals surface area contributed by atoms with E-state index in [4.69, 9.17) is 4.74 Å². The summed E-state index contributed by atoms with van der Waals surface area (Å²) < 4.78 is 5.44. The zero-order chi connectivity index (χ0) is 9.10.